The van der Waals surface area contributed by atoms with Crippen LogP contribution in [0.3, 0.4) is 0 Å². The Balaban J connectivity index is 2.48. The third-order valence-corrected chi connectivity index (χ3v) is 2.83. The summed E-state index contributed by atoms with van der Waals surface area (Å²) < 4.78 is 26.7. The standard InChI is InChI=1S/C11H12F2N2O3/c12-7-5-9(13)11(15(17)18)10(6-7)14(3-4-16)8-1-2-8/h5-6,8,16H,1-4H2. The minimum Gasteiger partial charge on any atom is -0.395 e. The van der Waals surface area contributed by atoms with Crippen molar-refractivity contribution in [2.75, 3.05) is 18.1 Å². The zero-order valence-electron chi connectivity index (χ0n) is 9.47. The summed E-state index contributed by atoms with van der Waals surface area (Å²) in [6.45, 7) is -0.111. The predicted octanol–water partition coefficient (Wildman–Crippen LogP) is 1.83. The predicted molar refractivity (Wildman–Crippen MR) is 60.5 cm³/mol. The highest BCUT2D eigenvalue weighted by atomic mass is 19.1. The van der Waals surface area contributed by atoms with E-state index < -0.39 is 22.2 Å². The molecule has 1 aromatic carbocycles. The molecular weight excluding hydrogens is 246 g/mol. The van der Waals surface area contributed by atoms with Crippen molar-refractivity contribution in [3.8, 4) is 0 Å². The molecule has 1 saturated carbocycles. The highest BCUT2D eigenvalue weighted by Gasteiger charge is 2.34. The largest absolute Gasteiger partial charge is 0.395 e. The van der Waals surface area contributed by atoms with E-state index in [0.29, 0.717) is 6.07 Å². The van der Waals surface area contributed by atoms with Gasteiger partial charge in [0, 0.05) is 24.7 Å². The number of hydrogen-bond donors (Lipinski definition) is 1. The lowest BCUT2D eigenvalue weighted by molar-refractivity contribution is -0.386. The van der Waals surface area contributed by atoms with Crippen LogP contribution in [0.25, 0.3) is 0 Å². The van der Waals surface area contributed by atoms with Crippen LogP contribution in [-0.4, -0.2) is 29.2 Å². The van der Waals surface area contributed by atoms with Crippen molar-refractivity contribution in [3.63, 3.8) is 0 Å². The first-order chi connectivity index (χ1) is 8.54. The maximum Gasteiger partial charge on any atom is 0.328 e. The Morgan fingerprint density at radius 2 is 2.11 bits per heavy atom. The van der Waals surface area contributed by atoms with Crippen LogP contribution >= 0.6 is 0 Å². The van der Waals surface area contributed by atoms with Crippen LogP contribution in [0.4, 0.5) is 20.2 Å². The van der Waals surface area contributed by atoms with Gasteiger partial charge in [-0.25, -0.2) is 4.39 Å². The summed E-state index contributed by atoms with van der Waals surface area (Å²) in [5.74, 6) is -2.06. The molecule has 0 saturated heterocycles. The van der Waals surface area contributed by atoms with Crippen LogP contribution in [0.5, 0.6) is 0 Å². The van der Waals surface area contributed by atoms with Gasteiger partial charge in [-0.05, 0) is 12.8 Å². The van der Waals surface area contributed by atoms with Crippen molar-refractivity contribution < 1.29 is 18.8 Å². The van der Waals surface area contributed by atoms with Gasteiger partial charge in [0.1, 0.15) is 11.5 Å². The molecule has 0 aliphatic heterocycles. The molecule has 5 nitrogen and oxygen atoms in total. The molecule has 1 fully saturated rings. The third kappa shape index (κ3) is 2.40. The summed E-state index contributed by atoms with van der Waals surface area (Å²) in [6, 6.07) is 1.44. The van der Waals surface area contributed by atoms with E-state index in [2.05, 4.69) is 0 Å². The second-order valence-electron chi connectivity index (χ2n) is 4.16. The summed E-state index contributed by atoms with van der Waals surface area (Å²) >= 11 is 0. The van der Waals surface area contributed by atoms with Crippen molar-refractivity contribution >= 4 is 11.4 Å². The average Bonchev–Trinajstić information content (AvgIpc) is 3.07. The molecule has 0 bridgehead atoms. The molecule has 7 heteroatoms. The summed E-state index contributed by atoms with van der Waals surface area (Å²) in [5.41, 5.74) is -0.842. The van der Waals surface area contributed by atoms with Gasteiger partial charge in [-0.3, -0.25) is 10.1 Å². The number of nitrogens with zero attached hydrogens (tertiary/aromatic N) is 2. The quantitative estimate of drug-likeness (QED) is 0.646. The molecule has 0 spiro atoms. The number of nitro groups is 1. The van der Waals surface area contributed by atoms with E-state index in [1.165, 1.54) is 4.90 Å². The highest BCUT2D eigenvalue weighted by molar-refractivity contribution is 5.65. The number of aliphatic hydroxyl groups excluding tert-OH is 1. The van der Waals surface area contributed by atoms with E-state index in [-0.39, 0.29) is 24.9 Å². The Bertz CT molecular complexity index is 478. The van der Waals surface area contributed by atoms with Crippen molar-refractivity contribution in [2.24, 2.45) is 0 Å². The average molecular weight is 258 g/mol. The van der Waals surface area contributed by atoms with Crippen LogP contribution < -0.4 is 4.90 Å². The number of nitro benzene ring substituents is 1. The van der Waals surface area contributed by atoms with Crippen molar-refractivity contribution in [2.45, 2.75) is 18.9 Å². The first-order valence-corrected chi connectivity index (χ1v) is 5.55. The van der Waals surface area contributed by atoms with Gasteiger partial charge in [-0.1, -0.05) is 0 Å². The molecule has 0 amide bonds. The van der Waals surface area contributed by atoms with E-state index in [1.807, 2.05) is 0 Å². The molecule has 1 aliphatic rings. The zero-order valence-corrected chi connectivity index (χ0v) is 9.47. The molecule has 1 aromatic rings. The number of aliphatic hydroxyl groups is 1. The Kier molecular flexibility index (Phi) is 3.42. The van der Waals surface area contributed by atoms with Gasteiger partial charge in [0.2, 0.25) is 5.82 Å². The van der Waals surface area contributed by atoms with Gasteiger partial charge in [-0.2, -0.15) is 4.39 Å². The van der Waals surface area contributed by atoms with Crippen molar-refractivity contribution in [1.29, 1.82) is 0 Å². The zero-order chi connectivity index (χ0) is 13.3. The molecule has 1 N–H and O–H groups in total. The second kappa shape index (κ2) is 4.85. The molecule has 0 atom stereocenters. The van der Waals surface area contributed by atoms with Gasteiger partial charge in [0.05, 0.1) is 11.5 Å². The van der Waals surface area contributed by atoms with E-state index in [1.54, 1.807) is 0 Å². The van der Waals surface area contributed by atoms with E-state index in [9.17, 15) is 18.9 Å². The fraction of sp³-hybridized carbons (Fsp3) is 0.455. The molecule has 1 aliphatic carbocycles. The van der Waals surface area contributed by atoms with Crippen LogP contribution in [0, 0.1) is 21.7 Å². The molecule has 0 aromatic heterocycles. The summed E-state index contributed by atoms with van der Waals surface area (Å²) in [5, 5.41) is 19.8. The summed E-state index contributed by atoms with van der Waals surface area (Å²) in [4.78, 5) is 11.5. The normalized spacial score (nSPS) is 14.6. The fourth-order valence-electron chi connectivity index (χ4n) is 1.95. The summed E-state index contributed by atoms with van der Waals surface area (Å²) in [7, 11) is 0. The lowest BCUT2D eigenvalue weighted by atomic mass is 10.2. The van der Waals surface area contributed by atoms with Crippen molar-refractivity contribution in [3.05, 3.63) is 33.9 Å². The van der Waals surface area contributed by atoms with Gasteiger partial charge in [0.15, 0.2) is 0 Å². The maximum absolute atomic E-state index is 13.5. The Morgan fingerprint density at radius 3 is 2.61 bits per heavy atom. The van der Waals surface area contributed by atoms with Gasteiger partial charge in [0.25, 0.3) is 0 Å². The Morgan fingerprint density at radius 1 is 1.44 bits per heavy atom. The Labute approximate surface area is 102 Å². The smallest absolute Gasteiger partial charge is 0.328 e. The molecule has 2 rings (SSSR count). The Hall–Kier alpha value is -1.76. The minimum absolute atomic E-state index is 0.0112. The monoisotopic (exact) mass is 258 g/mol. The van der Waals surface area contributed by atoms with Gasteiger partial charge in [-0.15, -0.1) is 0 Å². The third-order valence-electron chi connectivity index (χ3n) is 2.83. The minimum atomic E-state index is -1.20. The summed E-state index contributed by atoms with van der Waals surface area (Å²) in [6.07, 6.45) is 1.60. The van der Waals surface area contributed by atoms with Gasteiger partial charge >= 0.3 is 5.69 Å². The van der Waals surface area contributed by atoms with Crippen LogP contribution in [0.1, 0.15) is 12.8 Å². The highest BCUT2D eigenvalue weighted by Crippen LogP contribution is 2.38. The van der Waals surface area contributed by atoms with Crippen molar-refractivity contribution in [1.82, 2.24) is 0 Å². The SMILES string of the molecule is O=[N+]([O-])c1c(F)cc(F)cc1N(CCO)C1CC1. The number of benzene rings is 1. The number of halogens is 2. The molecule has 0 radical (unpaired) electrons. The second-order valence-corrected chi connectivity index (χ2v) is 4.16. The topological polar surface area (TPSA) is 66.6 Å². The molecule has 0 heterocycles. The van der Waals surface area contributed by atoms with E-state index in [0.717, 1.165) is 18.9 Å². The fourth-order valence-corrected chi connectivity index (χ4v) is 1.95. The number of anilines is 1. The van der Waals surface area contributed by atoms with Crippen LogP contribution in [-0.2, 0) is 0 Å². The van der Waals surface area contributed by atoms with E-state index >= 15 is 0 Å². The van der Waals surface area contributed by atoms with Crippen LogP contribution in [0.15, 0.2) is 12.1 Å². The lowest BCUT2D eigenvalue weighted by Gasteiger charge is -2.23. The van der Waals surface area contributed by atoms with E-state index in [4.69, 9.17) is 5.11 Å². The number of rotatable bonds is 5. The van der Waals surface area contributed by atoms with Crippen LogP contribution in [0.2, 0.25) is 0 Å². The molecule has 0 unspecified atom stereocenters. The molecule has 98 valence electrons. The molecule has 18 heavy (non-hydrogen) atoms. The number of hydrogen-bond acceptors (Lipinski definition) is 4. The first kappa shape index (κ1) is 12.7. The lowest BCUT2D eigenvalue weighted by Crippen LogP contribution is -2.29. The maximum atomic E-state index is 13.5. The molecular formula is C11H12F2N2O3. The van der Waals surface area contributed by atoms with Gasteiger partial charge < -0.3 is 10.0 Å². The first-order valence-electron chi connectivity index (χ1n) is 5.55.